The number of hydrogen-bond donors (Lipinski definition) is 1. The Labute approximate surface area is 152 Å². The molecule has 0 aliphatic rings. The third-order valence-electron chi connectivity index (χ3n) is 3.32. The molecular formula is C18H22N4O4. The van der Waals surface area contributed by atoms with Crippen molar-refractivity contribution < 1.29 is 14.4 Å². The zero-order valence-corrected chi connectivity index (χ0v) is 15.1. The number of benzene rings is 1. The Hall–Kier alpha value is -3.16. The Morgan fingerprint density at radius 3 is 2.73 bits per heavy atom. The van der Waals surface area contributed by atoms with Gasteiger partial charge in [-0.05, 0) is 50.1 Å². The quantitative estimate of drug-likeness (QED) is 0.414. The number of nitrogens with one attached hydrogen (secondary N) is 1. The van der Waals surface area contributed by atoms with Crippen molar-refractivity contribution in [2.45, 2.75) is 27.2 Å². The first-order valence-electron chi connectivity index (χ1n) is 8.35. The molecule has 0 unspecified atom stereocenters. The molecule has 2 rings (SSSR count). The summed E-state index contributed by atoms with van der Waals surface area (Å²) in [5.74, 6) is 1.40. The van der Waals surface area contributed by atoms with Crippen LogP contribution in [0.4, 0.5) is 11.5 Å². The van der Waals surface area contributed by atoms with Gasteiger partial charge in [-0.3, -0.25) is 15.5 Å². The largest absolute Gasteiger partial charge is 0.490 e. The second-order valence-electron chi connectivity index (χ2n) is 5.44. The molecule has 138 valence electrons. The third-order valence-corrected chi connectivity index (χ3v) is 3.32. The summed E-state index contributed by atoms with van der Waals surface area (Å²) >= 11 is 0. The predicted molar refractivity (Wildman–Crippen MR) is 100 cm³/mol. The first kappa shape index (κ1) is 19.2. The monoisotopic (exact) mass is 358 g/mol. The first-order chi connectivity index (χ1) is 12.5. The number of anilines is 1. The Bertz CT molecular complexity index is 793. The van der Waals surface area contributed by atoms with Gasteiger partial charge < -0.3 is 9.47 Å². The summed E-state index contributed by atoms with van der Waals surface area (Å²) in [5, 5.41) is 15.1. The standard InChI is InChI=1S/C18H22N4O4/c1-4-10-26-16-9-7-14(11-17(16)25-5-2)12-19-21-18-15(22(23)24)8-6-13(3)20-18/h6-9,11-12H,4-5,10H2,1-3H3,(H,20,21)/b19-12-. The summed E-state index contributed by atoms with van der Waals surface area (Å²) in [5.41, 5.74) is 3.92. The lowest BCUT2D eigenvalue weighted by Crippen LogP contribution is -2.02. The van der Waals surface area contributed by atoms with E-state index in [2.05, 4.69) is 15.5 Å². The molecule has 26 heavy (non-hydrogen) atoms. The van der Waals surface area contributed by atoms with Gasteiger partial charge in [0, 0.05) is 11.8 Å². The minimum Gasteiger partial charge on any atom is -0.490 e. The van der Waals surface area contributed by atoms with Gasteiger partial charge in [0.1, 0.15) is 0 Å². The molecule has 0 radical (unpaired) electrons. The fraction of sp³-hybridized carbons (Fsp3) is 0.333. The number of ether oxygens (including phenoxy) is 2. The number of rotatable bonds is 9. The molecule has 1 aromatic carbocycles. The predicted octanol–water partition coefficient (Wildman–Crippen LogP) is 3.93. The number of nitrogens with zero attached hydrogens (tertiary/aromatic N) is 3. The van der Waals surface area contributed by atoms with Crippen molar-refractivity contribution in [3.63, 3.8) is 0 Å². The van der Waals surface area contributed by atoms with E-state index in [0.717, 1.165) is 12.0 Å². The molecule has 0 bridgehead atoms. The smallest absolute Gasteiger partial charge is 0.313 e. The first-order valence-corrected chi connectivity index (χ1v) is 8.35. The van der Waals surface area contributed by atoms with Crippen LogP contribution >= 0.6 is 0 Å². The van der Waals surface area contributed by atoms with Gasteiger partial charge in [0.2, 0.25) is 5.82 Å². The van der Waals surface area contributed by atoms with E-state index in [0.29, 0.717) is 30.4 Å². The van der Waals surface area contributed by atoms with E-state index in [1.165, 1.54) is 6.07 Å². The molecule has 1 aromatic heterocycles. The van der Waals surface area contributed by atoms with Gasteiger partial charge in [0.25, 0.3) is 0 Å². The van der Waals surface area contributed by atoms with E-state index in [9.17, 15) is 10.1 Å². The lowest BCUT2D eigenvalue weighted by molar-refractivity contribution is -0.384. The Balaban J connectivity index is 2.16. The summed E-state index contributed by atoms with van der Waals surface area (Å²) in [4.78, 5) is 14.7. The van der Waals surface area contributed by atoms with E-state index in [1.54, 1.807) is 25.3 Å². The second-order valence-corrected chi connectivity index (χ2v) is 5.44. The van der Waals surface area contributed by atoms with Crippen LogP contribution in [0, 0.1) is 17.0 Å². The zero-order valence-electron chi connectivity index (χ0n) is 15.1. The van der Waals surface area contributed by atoms with Crippen molar-refractivity contribution in [3.8, 4) is 11.5 Å². The van der Waals surface area contributed by atoms with Crippen molar-refractivity contribution in [1.29, 1.82) is 0 Å². The molecule has 0 saturated heterocycles. The van der Waals surface area contributed by atoms with Crippen LogP contribution in [0.15, 0.2) is 35.4 Å². The van der Waals surface area contributed by atoms with E-state index in [-0.39, 0.29) is 11.5 Å². The van der Waals surface area contributed by atoms with Gasteiger partial charge in [-0.15, -0.1) is 0 Å². The van der Waals surface area contributed by atoms with Crippen LogP contribution in [-0.4, -0.2) is 29.3 Å². The average Bonchev–Trinajstić information content (AvgIpc) is 2.61. The summed E-state index contributed by atoms with van der Waals surface area (Å²) in [7, 11) is 0. The van der Waals surface area contributed by atoms with Crippen LogP contribution in [0.3, 0.4) is 0 Å². The highest BCUT2D eigenvalue weighted by Crippen LogP contribution is 2.28. The Morgan fingerprint density at radius 2 is 2.04 bits per heavy atom. The molecular weight excluding hydrogens is 336 g/mol. The number of pyridine rings is 1. The second kappa shape index (κ2) is 9.36. The van der Waals surface area contributed by atoms with Gasteiger partial charge in [0.15, 0.2) is 11.5 Å². The molecule has 1 heterocycles. The number of aryl methyl sites for hydroxylation is 1. The number of hydrazone groups is 1. The van der Waals surface area contributed by atoms with Crippen LogP contribution in [0.2, 0.25) is 0 Å². The topological polar surface area (TPSA) is 98.9 Å². The van der Waals surface area contributed by atoms with Crippen LogP contribution in [0.1, 0.15) is 31.5 Å². The average molecular weight is 358 g/mol. The maximum absolute atomic E-state index is 11.0. The van der Waals surface area contributed by atoms with Gasteiger partial charge in [-0.2, -0.15) is 5.10 Å². The van der Waals surface area contributed by atoms with Gasteiger partial charge >= 0.3 is 5.69 Å². The fourth-order valence-corrected chi connectivity index (χ4v) is 2.15. The van der Waals surface area contributed by atoms with E-state index in [1.807, 2.05) is 26.0 Å². The molecule has 8 heteroatoms. The van der Waals surface area contributed by atoms with Crippen LogP contribution in [-0.2, 0) is 0 Å². The Kier molecular flexibility index (Phi) is 6.90. The maximum Gasteiger partial charge on any atom is 0.313 e. The molecule has 0 amide bonds. The van der Waals surface area contributed by atoms with Crippen molar-refractivity contribution in [3.05, 3.63) is 51.7 Å². The minimum atomic E-state index is -0.503. The lowest BCUT2D eigenvalue weighted by Gasteiger charge is -2.11. The fourth-order valence-electron chi connectivity index (χ4n) is 2.15. The SMILES string of the molecule is CCCOc1ccc(/C=N\Nc2nc(C)ccc2[N+](=O)[O-])cc1OCC. The molecule has 0 atom stereocenters. The molecule has 1 N–H and O–H groups in total. The molecule has 0 aliphatic heterocycles. The normalized spacial score (nSPS) is 10.7. The number of hydrogen-bond acceptors (Lipinski definition) is 7. The van der Waals surface area contributed by atoms with Gasteiger partial charge in [-0.25, -0.2) is 4.98 Å². The zero-order chi connectivity index (χ0) is 18.9. The highest BCUT2D eigenvalue weighted by atomic mass is 16.6. The summed E-state index contributed by atoms with van der Waals surface area (Å²) in [6.45, 7) is 6.81. The van der Waals surface area contributed by atoms with E-state index in [4.69, 9.17) is 9.47 Å². The summed E-state index contributed by atoms with van der Waals surface area (Å²) in [6.07, 6.45) is 2.45. The Morgan fingerprint density at radius 1 is 1.23 bits per heavy atom. The third kappa shape index (κ3) is 5.17. The summed E-state index contributed by atoms with van der Waals surface area (Å²) < 4.78 is 11.2. The molecule has 0 fully saturated rings. The molecule has 0 saturated carbocycles. The minimum absolute atomic E-state index is 0.0965. The van der Waals surface area contributed by atoms with Crippen molar-refractivity contribution in [2.24, 2.45) is 5.10 Å². The van der Waals surface area contributed by atoms with Crippen molar-refractivity contribution >= 4 is 17.7 Å². The highest BCUT2D eigenvalue weighted by Gasteiger charge is 2.14. The maximum atomic E-state index is 11.0. The van der Waals surface area contributed by atoms with Crippen molar-refractivity contribution in [1.82, 2.24) is 4.98 Å². The summed E-state index contributed by atoms with van der Waals surface area (Å²) in [6, 6.07) is 8.42. The van der Waals surface area contributed by atoms with Gasteiger partial charge in [0.05, 0.1) is 24.4 Å². The van der Waals surface area contributed by atoms with Gasteiger partial charge in [-0.1, -0.05) is 6.92 Å². The highest BCUT2D eigenvalue weighted by molar-refractivity contribution is 5.81. The lowest BCUT2D eigenvalue weighted by atomic mass is 10.2. The molecule has 2 aromatic rings. The van der Waals surface area contributed by atoms with Crippen molar-refractivity contribution in [2.75, 3.05) is 18.6 Å². The van der Waals surface area contributed by atoms with E-state index < -0.39 is 4.92 Å². The molecule has 0 spiro atoms. The van der Waals surface area contributed by atoms with Crippen LogP contribution in [0.25, 0.3) is 0 Å². The number of aromatic nitrogens is 1. The van der Waals surface area contributed by atoms with Crippen LogP contribution in [0.5, 0.6) is 11.5 Å². The van der Waals surface area contributed by atoms with Crippen LogP contribution < -0.4 is 14.9 Å². The molecule has 8 nitrogen and oxygen atoms in total. The molecule has 0 aliphatic carbocycles. The van der Waals surface area contributed by atoms with E-state index >= 15 is 0 Å². The number of nitro groups is 1.